The highest BCUT2D eigenvalue weighted by atomic mass is 16.5. The van der Waals surface area contributed by atoms with E-state index < -0.39 is 0 Å². The van der Waals surface area contributed by atoms with E-state index in [9.17, 15) is 4.79 Å². The Morgan fingerprint density at radius 3 is 3.14 bits per heavy atom. The monoisotopic (exact) mass is 198 g/mol. The first-order valence-corrected chi connectivity index (χ1v) is 4.47. The van der Waals surface area contributed by atoms with Crippen LogP contribution in [0.3, 0.4) is 0 Å². The molecule has 1 heterocycles. The number of amides is 1. The molecule has 1 aromatic heterocycles. The normalized spacial score (nSPS) is 12.4. The highest BCUT2D eigenvalue weighted by molar-refractivity contribution is 5.78. The molecule has 14 heavy (non-hydrogen) atoms. The Morgan fingerprint density at radius 1 is 1.79 bits per heavy atom. The van der Waals surface area contributed by atoms with Gasteiger partial charge in [-0.1, -0.05) is 12.1 Å². The smallest absolute Gasteiger partial charge is 0.224 e. The first-order chi connectivity index (χ1) is 6.74. The van der Waals surface area contributed by atoms with Crippen LogP contribution in [0.1, 0.15) is 12.7 Å². The lowest BCUT2D eigenvalue weighted by molar-refractivity contribution is -0.124. The van der Waals surface area contributed by atoms with E-state index in [4.69, 9.17) is 5.73 Å². The summed E-state index contributed by atoms with van der Waals surface area (Å²) in [6, 6.07) is 0. The molecule has 0 bridgehead atoms. The molecule has 1 unspecified atom stereocenters. The van der Waals surface area contributed by atoms with E-state index in [2.05, 4.69) is 20.0 Å². The molecule has 0 aliphatic heterocycles. The van der Waals surface area contributed by atoms with E-state index in [0.717, 1.165) is 0 Å². The fourth-order valence-corrected chi connectivity index (χ4v) is 0.881. The lowest BCUT2D eigenvalue weighted by Crippen LogP contribution is -2.34. The molecule has 0 saturated carbocycles. The van der Waals surface area contributed by atoms with E-state index in [1.54, 1.807) is 6.92 Å². The number of nitrogens with two attached hydrogens (primary N) is 1. The summed E-state index contributed by atoms with van der Waals surface area (Å²) >= 11 is 0. The zero-order valence-electron chi connectivity index (χ0n) is 8.06. The molecule has 1 aromatic rings. The molecule has 0 aliphatic carbocycles. The zero-order chi connectivity index (χ0) is 10.4. The maximum Gasteiger partial charge on any atom is 0.224 e. The minimum Gasteiger partial charge on any atom is -0.355 e. The summed E-state index contributed by atoms with van der Waals surface area (Å²) in [4.78, 5) is 15.1. The number of rotatable bonds is 5. The fraction of sp³-hybridized carbons (Fsp3) is 0.625. The van der Waals surface area contributed by atoms with Crippen molar-refractivity contribution in [3.05, 3.63) is 12.2 Å². The Labute approximate surface area is 81.9 Å². The molecule has 78 valence electrons. The molecule has 6 nitrogen and oxygen atoms in total. The van der Waals surface area contributed by atoms with Crippen LogP contribution in [-0.4, -0.2) is 29.1 Å². The van der Waals surface area contributed by atoms with Crippen LogP contribution in [-0.2, 0) is 11.2 Å². The number of aromatic nitrogens is 2. The Hall–Kier alpha value is -1.43. The fourth-order valence-electron chi connectivity index (χ4n) is 0.881. The number of nitrogens with zero attached hydrogens (tertiary/aromatic N) is 2. The zero-order valence-corrected chi connectivity index (χ0v) is 8.06. The molecule has 0 aromatic carbocycles. The van der Waals surface area contributed by atoms with Gasteiger partial charge in [0.15, 0.2) is 5.82 Å². The highest BCUT2D eigenvalue weighted by Gasteiger charge is 2.09. The van der Waals surface area contributed by atoms with E-state index in [-0.39, 0.29) is 11.8 Å². The van der Waals surface area contributed by atoms with Crippen molar-refractivity contribution < 1.29 is 9.32 Å². The lowest BCUT2D eigenvalue weighted by atomic mass is 10.2. The maximum atomic E-state index is 11.2. The van der Waals surface area contributed by atoms with Crippen LogP contribution in [0.25, 0.3) is 0 Å². The van der Waals surface area contributed by atoms with Gasteiger partial charge in [-0.3, -0.25) is 4.79 Å². The van der Waals surface area contributed by atoms with Crippen molar-refractivity contribution in [1.29, 1.82) is 0 Å². The van der Waals surface area contributed by atoms with Crippen molar-refractivity contribution in [3.8, 4) is 0 Å². The first kappa shape index (κ1) is 10.6. The second-order valence-electron chi connectivity index (χ2n) is 3.03. The second kappa shape index (κ2) is 5.33. The van der Waals surface area contributed by atoms with Gasteiger partial charge in [0.2, 0.25) is 12.3 Å². The molecule has 0 fully saturated rings. The minimum atomic E-state index is -0.153. The van der Waals surface area contributed by atoms with Crippen LogP contribution in [0.4, 0.5) is 0 Å². The third-order valence-electron chi connectivity index (χ3n) is 1.86. The van der Waals surface area contributed by atoms with Crippen molar-refractivity contribution in [1.82, 2.24) is 15.5 Å². The summed E-state index contributed by atoms with van der Waals surface area (Å²) in [5, 5.41) is 6.35. The molecule has 0 saturated heterocycles. The van der Waals surface area contributed by atoms with Crippen molar-refractivity contribution in [3.63, 3.8) is 0 Å². The number of nitrogens with one attached hydrogen (secondary N) is 1. The molecule has 0 spiro atoms. The lowest BCUT2D eigenvalue weighted by Gasteiger charge is -2.08. The predicted octanol–water partition coefficient (Wildman–Crippen LogP) is -0.677. The molecule has 3 N–H and O–H groups in total. The molecule has 1 rings (SSSR count). The van der Waals surface area contributed by atoms with Gasteiger partial charge < -0.3 is 15.6 Å². The van der Waals surface area contributed by atoms with Crippen molar-refractivity contribution in [2.24, 2.45) is 11.7 Å². The molecule has 0 aliphatic rings. The van der Waals surface area contributed by atoms with E-state index in [0.29, 0.717) is 25.3 Å². The Bertz CT molecular complexity index is 273. The van der Waals surface area contributed by atoms with Crippen LogP contribution in [0.5, 0.6) is 0 Å². The Balaban J connectivity index is 2.18. The second-order valence-corrected chi connectivity index (χ2v) is 3.03. The van der Waals surface area contributed by atoms with Gasteiger partial charge in [0, 0.05) is 25.4 Å². The number of hydrogen-bond acceptors (Lipinski definition) is 5. The van der Waals surface area contributed by atoms with Crippen LogP contribution in [0, 0.1) is 5.92 Å². The van der Waals surface area contributed by atoms with E-state index >= 15 is 0 Å². The highest BCUT2D eigenvalue weighted by Crippen LogP contribution is 1.92. The summed E-state index contributed by atoms with van der Waals surface area (Å²) in [5.74, 6) is 0.391. The number of carbonyl (C=O) groups is 1. The third kappa shape index (κ3) is 3.14. The number of carbonyl (C=O) groups excluding carboxylic acids is 1. The summed E-state index contributed by atoms with van der Waals surface area (Å²) in [5.41, 5.74) is 5.34. The topological polar surface area (TPSA) is 94.0 Å². The largest absolute Gasteiger partial charge is 0.355 e. The van der Waals surface area contributed by atoms with E-state index in [1.807, 2.05) is 0 Å². The SMILES string of the molecule is CC(CN)C(=O)NCCc1ncon1. The quantitative estimate of drug-likeness (QED) is 0.654. The van der Waals surface area contributed by atoms with Crippen LogP contribution < -0.4 is 11.1 Å². The molecule has 6 heteroatoms. The molecule has 1 amide bonds. The molecular weight excluding hydrogens is 184 g/mol. The summed E-state index contributed by atoms with van der Waals surface area (Å²) < 4.78 is 4.55. The van der Waals surface area contributed by atoms with Gasteiger partial charge in [-0.25, -0.2) is 0 Å². The van der Waals surface area contributed by atoms with Crippen molar-refractivity contribution in [2.75, 3.05) is 13.1 Å². The van der Waals surface area contributed by atoms with Crippen molar-refractivity contribution in [2.45, 2.75) is 13.3 Å². The molecule has 0 radical (unpaired) electrons. The summed E-state index contributed by atoms with van der Waals surface area (Å²) in [7, 11) is 0. The Kier molecular flexibility index (Phi) is 4.06. The maximum absolute atomic E-state index is 11.2. The average molecular weight is 198 g/mol. The van der Waals surface area contributed by atoms with Gasteiger partial charge in [0.05, 0.1) is 0 Å². The average Bonchev–Trinajstić information content (AvgIpc) is 2.69. The van der Waals surface area contributed by atoms with Gasteiger partial charge in [0.25, 0.3) is 0 Å². The Morgan fingerprint density at radius 2 is 2.57 bits per heavy atom. The minimum absolute atomic E-state index is 0.0454. The first-order valence-electron chi connectivity index (χ1n) is 4.47. The summed E-state index contributed by atoms with van der Waals surface area (Å²) in [6.07, 6.45) is 1.83. The van der Waals surface area contributed by atoms with Gasteiger partial charge in [-0.15, -0.1) is 0 Å². The van der Waals surface area contributed by atoms with Crippen molar-refractivity contribution >= 4 is 5.91 Å². The number of hydrogen-bond donors (Lipinski definition) is 2. The molecular formula is C8H14N4O2. The standard InChI is InChI=1S/C8H14N4O2/c1-6(4-9)8(13)10-3-2-7-11-5-14-12-7/h5-6H,2-4,9H2,1H3,(H,10,13). The van der Waals surface area contributed by atoms with Gasteiger partial charge in [-0.2, -0.15) is 4.98 Å². The van der Waals surface area contributed by atoms with Gasteiger partial charge in [0.1, 0.15) is 0 Å². The van der Waals surface area contributed by atoms with Crippen LogP contribution in [0.15, 0.2) is 10.9 Å². The third-order valence-corrected chi connectivity index (χ3v) is 1.86. The molecule has 1 atom stereocenters. The van der Waals surface area contributed by atoms with Gasteiger partial charge >= 0.3 is 0 Å². The summed E-state index contributed by atoms with van der Waals surface area (Å²) in [6.45, 7) is 2.64. The van der Waals surface area contributed by atoms with Crippen LogP contribution >= 0.6 is 0 Å². The van der Waals surface area contributed by atoms with Crippen LogP contribution in [0.2, 0.25) is 0 Å². The predicted molar refractivity (Wildman–Crippen MR) is 49.2 cm³/mol. The van der Waals surface area contributed by atoms with E-state index in [1.165, 1.54) is 6.39 Å². The van der Waals surface area contributed by atoms with Gasteiger partial charge in [-0.05, 0) is 0 Å².